The Bertz CT molecular complexity index is 337. The maximum absolute atomic E-state index is 3.60. The number of hydrogen-bond acceptors (Lipinski definition) is 2. The molecule has 1 atom stereocenters. The molecule has 0 saturated heterocycles. The van der Waals surface area contributed by atoms with Crippen LogP contribution in [0.25, 0.3) is 0 Å². The van der Waals surface area contributed by atoms with Crippen LogP contribution in [0.3, 0.4) is 0 Å². The average Bonchev–Trinajstić information content (AvgIpc) is 2.43. The molecule has 19 heavy (non-hydrogen) atoms. The molecular formula is C16H27BrN2. The van der Waals surface area contributed by atoms with E-state index in [0.29, 0.717) is 6.04 Å². The second-order valence-corrected chi connectivity index (χ2v) is 5.80. The fourth-order valence-electron chi connectivity index (χ4n) is 2.38. The number of halogens is 1. The molecular weight excluding hydrogens is 300 g/mol. The summed E-state index contributed by atoms with van der Waals surface area (Å²) in [7, 11) is 0. The lowest BCUT2D eigenvalue weighted by molar-refractivity contribution is 0.270. The van der Waals surface area contributed by atoms with E-state index < -0.39 is 0 Å². The topological polar surface area (TPSA) is 15.3 Å². The fraction of sp³-hybridized carbons (Fsp3) is 0.625. The summed E-state index contributed by atoms with van der Waals surface area (Å²) >= 11 is 3.50. The number of hydrogen-bond donors (Lipinski definition) is 1. The Hall–Kier alpha value is -0.380. The predicted octanol–water partition coefficient (Wildman–Crippen LogP) is 4.22. The first-order valence-electron chi connectivity index (χ1n) is 7.42. The Labute approximate surface area is 126 Å². The molecule has 0 aromatic heterocycles. The molecule has 0 amide bonds. The van der Waals surface area contributed by atoms with Crippen LogP contribution < -0.4 is 5.32 Å². The average molecular weight is 327 g/mol. The van der Waals surface area contributed by atoms with Gasteiger partial charge < -0.3 is 10.2 Å². The SMILES string of the molecule is CCCN(CC)CCC(NCC)c1ccc(Br)cc1. The maximum Gasteiger partial charge on any atom is 0.0332 e. The molecule has 0 fully saturated rings. The van der Waals surface area contributed by atoms with Gasteiger partial charge in [-0.1, -0.05) is 48.8 Å². The van der Waals surface area contributed by atoms with Crippen LogP contribution in [0.2, 0.25) is 0 Å². The summed E-state index contributed by atoms with van der Waals surface area (Å²) in [5.74, 6) is 0. The zero-order chi connectivity index (χ0) is 14.1. The van der Waals surface area contributed by atoms with E-state index in [1.54, 1.807) is 0 Å². The molecule has 2 nitrogen and oxygen atoms in total. The van der Waals surface area contributed by atoms with Gasteiger partial charge in [-0.15, -0.1) is 0 Å². The van der Waals surface area contributed by atoms with Crippen molar-refractivity contribution in [3.05, 3.63) is 34.3 Å². The van der Waals surface area contributed by atoms with Crippen molar-refractivity contribution in [3.63, 3.8) is 0 Å². The lowest BCUT2D eigenvalue weighted by Crippen LogP contribution is -2.30. The molecule has 0 saturated carbocycles. The molecule has 0 aliphatic carbocycles. The van der Waals surface area contributed by atoms with E-state index in [1.165, 1.54) is 24.9 Å². The molecule has 0 aliphatic heterocycles. The van der Waals surface area contributed by atoms with E-state index in [0.717, 1.165) is 24.1 Å². The maximum atomic E-state index is 3.60. The largest absolute Gasteiger partial charge is 0.310 e. The number of rotatable bonds is 9. The highest BCUT2D eigenvalue weighted by molar-refractivity contribution is 9.10. The third-order valence-electron chi connectivity index (χ3n) is 3.44. The molecule has 0 radical (unpaired) electrons. The van der Waals surface area contributed by atoms with Crippen molar-refractivity contribution < 1.29 is 0 Å². The fourth-order valence-corrected chi connectivity index (χ4v) is 2.65. The van der Waals surface area contributed by atoms with Crippen LogP contribution in [0.1, 0.15) is 45.2 Å². The minimum atomic E-state index is 0.462. The first kappa shape index (κ1) is 16.7. The summed E-state index contributed by atoms with van der Waals surface area (Å²) in [6.45, 7) is 11.2. The lowest BCUT2D eigenvalue weighted by Gasteiger charge is -2.24. The Morgan fingerprint density at radius 2 is 1.79 bits per heavy atom. The highest BCUT2D eigenvalue weighted by Gasteiger charge is 2.11. The van der Waals surface area contributed by atoms with E-state index >= 15 is 0 Å². The normalized spacial score (nSPS) is 12.9. The number of nitrogens with one attached hydrogen (secondary N) is 1. The minimum Gasteiger partial charge on any atom is -0.310 e. The molecule has 1 aromatic carbocycles. The molecule has 1 unspecified atom stereocenters. The number of nitrogens with zero attached hydrogens (tertiary/aromatic N) is 1. The van der Waals surface area contributed by atoms with E-state index in [9.17, 15) is 0 Å². The lowest BCUT2D eigenvalue weighted by atomic mass is 10.0. The zero-order valence-electron chi connectivity index (χ0n) is 12.5. The van der Waals surface area contributed by atoms with Gasteiger partial charge in [0.05, 0.1) is 0 Å². The van der Waals surface area contributed by atoms with E-state index in [-0.39, 0.29) is 0 Å². The highest BCUT2D eigenvalue weighted by Crippen LogP contribution is 2.20. The summed E-state index contributed by atoms with van der Waals surface area (Å²) in [6.07, 6.45) is 2.40. The second kappa shape index (κ2) is 9.51. The van der Waals surface area contributed by atoms with Crippen molar-refractivity contribution in [2.24, 2.45) is 0 Å². The molecule has 0 spiro atoms. The molecule has 3 heteroatoms. The molecule has 0 bridgehead atoms. The molecule has 1 aromatic rings. The zero-order valence-corrected chi connectivity index (χ0v) is 14.0. The van der Waals surface area contributed by atoms with Gasteiger partial charge in [0, 0.05) is 10.5 Å². The van der Waals surface area contributed by atoms with Gasteiger partial charge in [0.15, 0.2) is 0 Å². The predicted molar refractivity (Wildman–Crippen MR) is 87.6 cm³/mol. The Kier molecular flexibility index (Phi) is 8.35. The third-order valence-corrected chi connectivity index (χ3v) is 3.97. The van der Waals surface area contributed by atoms with Crippen LogP contribution in [0, 0.1) is 0 Å². The summed E-state index contributed by atoms with van der Waals surface area (Å²) in [5.41, 5.74) is 1.39. The third kappa shape index (κ3) is 6.07. The Morgan fingerprint density at radius 1 is 1.11 bits per heavy atom. The van der Waals surface area contributed by atoms with Crippen LogP contribution in [-0.4, -0.2) is 31.1 Å². The van der Waals surface area contributed by atoms with Crippen molar-refractivity contribution in [2.75, 3.05) is 26.2 Å². The Morgan fingerprint density at radius 3 is 2.32 bits per heavy atom. The van der Waals surface area contributed by atoms with Crippen molar-refractivity contribution >= 4 is 15.9 Å². The monoisotopic (exact) mass is 326 g/mol. The van der Waals surface area contributed by atoms with Crippen LogP contribution in [0.4, 0.5) is 0 Å². The van der Waals surface area contributed by atoms with Gasteiger partial charge in [-0.2, -0.15) is 0 Å². The van der Waals surface area contributed by atoms with Crippen molar-refractivity contribution in [3.8, 4) is 0 Å². The second-order valence-electron chi connectivity index (χ2n) is 4.88. The highest BCUT2D eigenvalue weighted by atomic mass is 79.9. The smallest absolute Gasteiger partial charge is 0.0332 e. The van der Waals surface area contributed by atoms with E-state index in [1.807, 2.05) is 0 Å². The van der Waals surface area contributed by atoms with Gasteiger partial charge >= 0.3 is 0 Å². The minimum absolute atomic E-state index is 0.462. The van der Waals surface area contributed by atoms with Gasteiger partial charge in [0.2, 0.25) is 0 Å². The van der Waals surface area contributed by atoms with E-state index in [4.69, 9.17) is 0 Å². The van der Waals surface area contributed by atoms with Gasteiger partial charge in [-0.05, 0) is 56.7 Å². The van der Waals surface area contributed by atoms with Crippen LogP contribution in [0.15, 0.2) is 28.7 Å². The molecule has 1 N–H and O–H groups in total. The van der Waals surface area contributed by atoms with E-state index in [2.05, 4.69) is 71.2 Å². The van der Waals surface area contributed by atoms with Crippen LogP contribution >= 0.6 is 15.9 Å². The molecule has 0 aliphatic rings. The van der Waals surface area contributed by atoms with Crippen molar-refractivity contribution in [1.29, 1.82) is 0 Å². The van der Waals surface area contributed by atoms with Gasteiger partial charge in [-0.3, -0.25) is 0 Å². The van der Waals surface area contributed by atoms with Crippen molar-refractivity contribution in [1.82, 2.24) is 10.2 Å². The summed E-state index contributed by atoms with van der Waals surface area (Å²) in [5, 5.41) is 3.60. The van der Waals surface area contributed by atoms with Gasteiger partial charge in [0.1, 0.15) is 0 Å². The number of benzene rings is 1. The summed E-state index contributed by atoms with van der Waals surface area (Å²) < 4.78 is 1.15. The standard InChI is InChI=1S/C16H27BrN2/c1-4-12-19(6-3)13-11-16(18-5-2)14-7-9-15(17)10-8-14/h7-10,16,18H,4-6,11-13H2,1-3H3. The van der Waals surface area contributed by atoms with Gasteiger partial charge in [-0.25, -0.2) is 0 Å². The Balaban J connectivity index is 2.59. The van der Waals surface area contributed by atoms with Crippen LogP contribution in [-0.2, 0) is 0 Å². The summed E-state index contributed by atoms with van der Waals surface area (Å²) in [6, 6.07) is 9.15. The molecule has 0 heterocycles. The van der Waals surface area contributed by atoms with Crippen LogP contribution in [0.5, 0.6) is 0 Å². The van der Waals surface area contributed by atoms with Gasteiger partial charge in [0.25, 0.3) is 0 Å². The first-order valence-corrected chi connectivity index (χ1v) is 8.21. The molecule has 108 valence electrons. The quantitative estimate of drug-likeness (QED) is 0.730. The first-order chi connectivity index (χ1) is 9.21. The summed E-state index contributed by atoms with van der Waals surface area (Å²) in [4.78, 5) is 2.53. The van der Waals surface area contributed by atoms with Crippen molar-refractivity contribution in [2.45, 2.75) is 39.7 Å². The molecule has 1 rings (SSSR count).